The van der Waals surface area contributed by atoms with E-state index in [1.54, 1.807) is 0 Å². The molecule has 2 aliphatic carbocycles. The van der Waals surface area contributed by atoms with E-state index in [1.165, 1.54) is 12.8 Å². The molecule has 2 saturated carbocycles. The van der Waals surface area contributed by atoms with Gasteiger partial charge in [-0.1, -0.05) is 0 Å². The first-order chi connectivity index (χ1) is 7.33. The lowest BCUT2D eigenvalue weighted by molar-refractivity contribution is -0.146. The highest BCUT2D eigenvalue weighted by atomic mass is 16.5. The third-order valence-corrected chi connectivity index (χ3v) is 2.93. The van der Waals surface area contributed by atoms with Crippen molar-refractivity contribution in [1.29, 1.82) is 0 Å². The van der Waals surface area contributed by atoms with Crippen molar-refractivity contribution in [3.8, 4) is 0 Å². The minimum Gasteiger partial charge on any atom is -0.459 e. The summed E-state index contributed by atoms with van der Waals surface area (Å²) in [5.74, 6) is 0.766. The molecule has 0 aromatic carbocycles. The summed E-state index contributed by atoms with van der Waals surface area (Å²) in [5.41, 5.74) is 2.03. The van der Waals surface area contributed by atoms with Crippen LogP contribution in [-0.4, -0.2) is 16.2 Å². The van der Waals surface area contributed by atoms with E-state index in [1.807, 2.05) is 6.07 Å². The fourth-order valence-electron chi connectivity index (χ4n) is 1.63. The zero-order valence-corrected chi connectivity index (χ0v) is 8.53. The molecule has 80 valence electrons. The van der Waals surface area contributed by atoms with Gasteiger partial charge in [0.05, 0.1) is 17.3 Å². The van der Waals surface area contributed by atoms with Gasteiger partial charge in [0, 0.05) is 5.92 Å². The van der Waals surface area contributed by atoms with Crippen LogP contribution >= 0.6 is 0 Å². The highest BCUT2D eigenvalue weighted by Gasteiger charge is 2.31. The predicted molar refractivity (Wildman–Crippen MR) is 53.1 cm³/mol. The highest BCUT2D eigenvalue weighted by Crippen LogP contribution is 2.39. The Labute approximate surface area is 88.0 Å². The fourth-order valence-corrected chi connectivity index (χ4v) is 1.63. The first-order valence-corrected chi connectivity index (χ1v) is 5.54. The van der Waals surface area contributed by atoms with E-state index in [-0.39, 0.29) is 11.9 Å². The molecular formula is C11H14N2O2. The molecule has 0 atom stereocenters. The Kier molecular flexibility index (Phi) is 2.01. The van der Waals surface area contributed by atoms with Crippen molar-refractivity contribution in [1.82, 2.24) is 10.2 Å². The van der Waals surface area contributed by atoms with E-state index < -0.39 is 0 Å². The number of ether oxygens (including phenoxy) is 1. The van der Waals surface area contributed by atoms with Gasteiger partial charge < -0.3 is 4.74 Å². The molecule has 2 aliphatic rings. The number of esters is 1. The lowest BCUT2D eigenvalue weighted by atomic mass is 10.3. The maximum absolute atomic E-state index is 11.3. The Morgan fingerprint density at radius 1 is 1.47 bits per heavy atom. The van der Waals surface area contributed by atoms with Gasteiger partial charge in [0.15, 0.2) is 0 Å². The van der Waals surface area contributed by atoms with Crippen molar-refractivity contribution in [2.24, 2.45) is 5.92 Å². The third kappa shape index (κ3) is 2.03. The lowest BCUT2D eigenvalue weighted by Gasteiger charge is -2.00. The van der Waals surface area contributed by atoms with Gasteiger partial charge in [0.1, 0.15) is 6.61 Å². The van der Waals surface area contributed by atoms with E-state index in [4.69, 9.17) is 4.74 Å². The van der Waals surface area contributed by atoms with Crippen LogP contribution in [0.25, 0.3) is 0 Å². The number of aromatic nitrogens is 2. The number of carbonyl (C=O) groups excluding carboxylic acids is 1. The molecule has 1 aromatic rings. The molecule has 0 bridgehead atoms. The van der Waals surface area contributed by atoms with Gasteiger partial charge in [-0.15, -0.1) is 0 Å². The summed E-state index contributed by atoms with van der Waals surface area (Å²) in [6.45, 7) is 0.342. The van der Waals surface area contributed by atoms with E-state index >= 15 is 0 Å². The number of aromatic amines is 1. The number of H-pyrrole nitrogens is 1. The van der Waals surface area contributed by atoms with Crippen LogP contribution in [0.1, 0.15) is 43.0 Å². The topological polar surface area (TPSA) is 55.0 Å². The van der Waals surface area contributed by atoms with Gasteiger partial charge in [0.25, 0.3) is 0 Å². The molecule has 0 amide bonds. The summed E-state index contributed by atoms with van der Waals surface area (Å²) < 4.78 is 5.16. The zero-order chi connectivity index (χ0) is 10.3. The summed E-state index contributed by atoms with van der Waals surface area (Å²) in [4.78, 5) is 11.3. The van der Waals surface area contributed by atoms with Gasteiger partial charge in [-0.25, -0.2) is 0 Å². The van der Waals surface area contributed by atoms with Gasteiger partial charge in [-0.3, -0.25) is 9.89 Å². The molecule has 3 rings (SSSR count). The first-order valence-electron chi connectivity index (χ1n) is 5.54. The lowest BCUT2D eigenvalue weighted by Crippen LogP contribution is -2.06. The standard InChI is InChI=1S/C11H14N2O2/c14-11(8-3-4-8)15-6-9-5-10(13-12-9)7-1-2-7/h5,7-8H,1-4,6H2,(H,12,13). The molecule has 15 heavy (non-hydrogen) atoms. The van der Waals surface area contributed by atoms with E-state index in [9.17, 15) is 4.79 Å². The molecule has 1 aromatic heterocycles. The maximum Gasteiger partial charge on any atom is 0.309 e. The number of carbonyl (C=O) groups is 1. The Morgan fingerprint density at radius 2 is 2.27 bits per heavy atom. The number of nitrogens with zero attached hydrogens (tertiary/aromatic N) is 1. The van der Waals surface area contributed by atoms with E-state index in [0.717, 1.165) is 24.2 Å². The molecule has 0 radical (unpaired) electrons. The minimum absolute atomic E-state index is 0.0578. The SMILES string of the molecule is O=C(OCc1cc(C2CC2)n[nH]1)C1CC1. The molecule has 0 spiro atoms. The quantitative estimate of drug-likeness (QED) is 0.763. The number of hydrogen-bond acceptors (Lipinski definition) is 3. The van der Waals surface area contributed by atoms with Crippen LogP contribution < -0.4 is 0 Å². The summed E-state index contributed by atoms with van der Waals surface area (Å²) in [7, 11) is 0. The molecule has 4 nitrogen and oxygen atoms in total. The van der Waals surface area contributed by atoms with Gasteiger partial charge in [0.2, 0.25) is 0 Å². The predicted octanol–water partition coefficient (Wildman–Crippen LogP) is 1.74. The third-order valence-electron chi connectivity index (χ3n) is 2.93. The Balaban J connectivity index is 1.54. The molecule has 2 fully saturated rings. The number of hydrogen-bond donors (Lipinski definition) is 1. The van der Waals surface area contributed by atoms with Gasteiger partial charge in [-0.2, -0.15) is 5.10 Å². The summed E-state index contributed by atoms with van der Waals surface area (Å²) in [6.07, 6.45) is 4.47. The van der Waals surface area contributed by atoms with Crippen molar-refractivity contribution in [3.63, 3.8) is 0 Å². The Morgan fingerprint density at radius 3 is 2.93 bits per heavy atom. The molecule has 0 unspecified atom stereocenters. The second-order valence-electron chi connectivity index (χ2n) is 4.47. The van der Waals surface area contributed by atoms with Crippen LogP contribution in [0.4, 0.5) is 0 Å². The van der Waals surface area contributed by atoms with Crippen LogP contribution in [0.5, 0.6) is 0 Å². The van der Waals surface area contributed by atoms with Crippen LogP contribution in [0.3, 0.4) is 0 Å². The molecule has 1 heterocycles. The van der Waals surface area contributed by atoms with Crippen LogP contribution in [0, 0.1) is 5.92 Å². The zero-order valence-electron chi connectivity index (χ0n) is 8.53. The van der Waals surface area contributed by atoms with Crippen molar-refractivity contribution < 1.29 is 9.53 Å². The van der Waals surface area contributed by atoms with E-state index in [0.29, 0.717) is 12.5 Å². The van der Waals surface area contributed by atoms with Crippen molar-refractivity contribution in [3.05, 3.63) is 17.5 Å². The van der Waals surface area contributed by atoms with Crippen molar-refractivity contribution in [2.75, 3.05) is 0 Å². The number of rotatable bonds is 4. The maximum atomic E-state index is 11.3. The molecule has 1 N–H and O–H groups in total. The monoisotopic (exact) mass is 206 g/mol. The van der Waals surface area contributed by atoms with Crippen molar-refractivity contribution >= 4 is 5.97 Å². The Hall–Kier alpha value is -1.32. The second-order valence-corrected chi connectivity index (χ2v) is 4.47. The minimum atomic E-state index is -0.0578. The smallest absolute Gasteiger partial charge is 0.309 e. The molecule has 4 heteroatoms. The van der Waals surface area contributed by atoms with Crippen LogP contribution in [-0.2, 0) is 16.1 Å². The summed E-state index contributed by atoms with van der Waals surface area (Å²) in [5, 5.41) is 7.11. The Bertz CT molecular complexity index is 378. The summed E-state index contributed by atoms with van der Waals surface area (Å²) >= 11 is 0. The molecule has 0 aliphatic heterocycles. The average Bonchev–Trinajstić information content (AvgIpc) is 3.12. The van der Waals surface area contributed by atoms with Gasteiger partial charge in [-0.05, 0) is 31.7 Å². The molecule has 0 saturated heterocycles. The van der Waals surface area contributed by atoms with E-state index in [2.05, 4.69) is 10.2 Å². The highest BCUT2D eigenvalue weighted by molar-refractivity contribution is 5.74. The molecular weight excluding hydrogens is 192 g/mol. The van der Waals surface area contributed by atoms with Crippen molar-refractivity contribution in [2.45, 2.75) is 38.2 Å². The van der Waals surface area contributed by atoms with Gasteiger partial charge >= 0.3 is 5.97 Å². The van der Waals surface area contributed by atoms with Crippen LogP contribution in [0.15, 0.2) is 6.07 Å². The fraction of sp³-hybridized carbons (Fsp3) is 0.636. The second kappa shape index (κ2) is 3.36. The largest absolute Gasteiger partial charge is 0.459 e. The first kappa shape index (κ1) is 8.95. The van der Waals surface area contributed by atoms with Crippen LogP contribution in [0.2, 0.25) is 0 Å². The number of nitrogens with one attached hydrogen (secondary N) is 1. The normalized spacial score (nSPS) is 20.3. The summed E-state index contributed by atoms with van der Waals surface area (Å²) in [6, 6.07) is 2.01. The average molecular weight is 206 g/mol.